The molecule has 8 heteroatoms. The lowest BCUT2D eigenvalue weighted by molar-refractivity contribution is 0.248. The Hall–Kier alpha value is -2.67. The second-order valence-corrected chi connectivity index (χ2v) is 4.93. The molecule has 0 atom stereocenters. The Morgan fingerprint density at radius 1 is 1.50 bits per heavy atom. The van der Waals surface area contributed by atoms with E-state index in [-0.39, 0.29) is 23.1 Å². The molecule has 3 N–H and O–H groups in total. The first-order chi connectivity index (χ1) is 10.5. The van der Waals surface area contributed by atoms with Gasteiger partial charge in [0.05, 0.1) is 17.7 Å². The van der Waals surface area contributed by atoms with Gasteiger partial charge in [-0.3, -0.25) is 0 Å². The number of primary amides is 1. The van der Waals surface area contributed by atoms with Crippen molar-refractivity contribution >= 4 is 28.5 Å². The summed E-state index contributed by atoms with van der Waals surface area (Å²) in [7, 11) is 0. The second kappa shape index (κ2) is 5.27. The molecule has 3 aromatic rings. The van der Waals surface area contributed by atoms with Crippen molar-refractivity contribution in [2.45, 2.75) is 6.92 Å². The lowest BCUT2D eigenvalue weighted by atomic mass is 10.1. The van der Waals surface area contributed by atoms with E-state index in [9.17, 15) is 9.90 Å². The largest absolute Gasteiger partial charge is 0.494 e. The predicted molar refractivity (Wildman–Crippen MR) is 80.3 cm³/mol. The highest BCUT2D eigenvalue weighted by Crippen LogP contribution is 2.41. The van der Waals surface area contributed by atoms with Crippen LogP contribution in [0.15, 0.2) is 28.8 Å². The Morgan fingerprint density at radius 2 is 2.27 bits per heavy atom. The molecule has 0 unspecified atom stereocenters. The van der Waals surface area contributed by atoms with E-state index in [0.717, 1.165) is 4.57 Å². The van der Waals surface area contributed by atoms with Gasteiger partial charge in [0.25, 0.3) is 5.88 Å². The summed E-state index contributed by atoms with van der Waals surface area (Å²) >= 11 is 6.00. The molecule has 0 aliphatic heterocycles. The molecule has 2 heterocycles. The fourth-order valence-corrected chi connectivity index (χ4v) is 2.48. The van der Waals surface area contributed by atoms with Crippen molar-refractivity contribution < 1.29 is 19.2 Å². The molecular weight excluding hydrogens is 310 g/mol. The number of nitrogens with zero attached hydrogens (tertiary/aromatic N) is 2. The average Bonchev–Trinajstić information content (AvgIpc) is 3.00. The minimum atomic E-state index is -0.819. The number of benzene rings is 1. The molecule has 0 aliphatic carbocycles. The first kappa shape index (κ1) is 14.3. The smallest absolute Gasteiger partial charge is 0.326 e. The number of halogens is 1. The van der Waals surface area contributed by atoms with Crippen molar-refractivity contribution in [3.8, 4) is 23.1 Å². The molecule has 0 aliphatic rings. The normalized spacial score (nSPS) is 11.0. The summed E-state index contributed by atoms with van der Waals surface area (Å²) in [5.74, 6) is 0.177. The van der Waals surface area contributed by atoms with Gasteiger partial charge in [-0.2, -0.15) is 0 Å². The molecule has 7 nitrogen and oxygen atoms in total. The monoisotopic (exact) mass is 321 g/mol. The van der Waals surface area contributed by atoms with Crippen LogP contribution in [-0.4, -0.2) is 27.5 Å². The summed E-state index contributed by atoms with van der Waals surface area (Å²) in [6.45, 7) is 2.23. The van der Waals surface area contributed by atoms with E-state index >= 15 is 0 Å². The van der Waals surface area contributed by atoms with Crippen molar-refractivity contribution in [1.82, 2.24) is 9.72 Å². The van der Waals surface area contributed by atoms with Crippen LogP contribution < -0.4 is 10.5 Å². The van der Waals surface area contributed by atoms with Gasteiger partial charge in [-0.25, -0.2) is 9.36 Å². The molecule has 0 spiro atoms. The van der Waals surface area contributed by atoms with Gasteiger partial charge in [0.2, 0.25) is 5.88 Å². The van der Waals surface area contributed by atoms with Gasteiger partial charge < -0.3 is 20.1 Å². The molecule has 0 saturated carbocycles. The summed E-state index contributed by atoms with van der Waals surface area (Å²) in [6.07, 6.45) is 0. The number of hydrogen-bond acceptors (Lipinski definition) is 5. The molecule has 22 heavy (non-hydrogen) atoms. The molecule has 2 aromatic heterocycles. The Morgan fingerprint density at radius 3 is 2.95 bits per heavy atom. The lowest BCUT2D eigenvalue weighted by Crippen LogP contribution is -2.18. The molecular formula is C14H12ClN3O4. The molecule has 0 saturated heterocycles. The van der Waals surface area contributed by atoms with Crippen LogP contribution in [0, 0.1) is 0 Å². The summed E-state index contributed by atoms with van der Waals surface area (Å²) in [6, 6.07) is 5.49. The van der Waals surface area contributed by atoms with E-state index in [4.69, 9.17) is 26.6 Å². The third kappa shape index (κ3) is 2.15. The summed E-state index contributed by atoms with van der Waals surface area (Å²) in [4.78, 5) is 11.6. The van der Waals surface area contributed by atoms with Crippen LogP contribution in [0.5, 0.6) is 11.8 Å². The van der Waals surface area contributed by atoms with Crippen LogP contribution in [0.3, 0.4) is 0 Å². The number of aromatic nitrogens is 2. The molecule has 1 aromatic carbocycles. The molecule has 1 amide bonds. The highest BCUT2D eigenvalue weighted by molar-refractivity contribution is 6.31. The Bertz CT molecular complexity index is 868. The van der Waals surface area contributed by atoms with Crippen molar-refractivity contribution in [1.29, 1.82) is 0 Å². The fourth-order valence-electron chi connectivity index (χ4n) is 2.31. The van der Waals surface area contributed by atoms with E-state index in [2.05, 4.69) is 5.16 Å². The van der Waals surface area contributed by atoms with Crippen LogP contribution in [0.1, 0.15) is 6.92 Å². The van der Waals surface area contributed by atoms with E-state index in [1.54, 1.807) is 18.2 Å². The number of rotatable bonds is 3. The standard InChI is InChI=1S/C14H12ClN3O4/c1-2-21-11-6-10(22-17-11)12-8-5-7(15)3-4-9(8)18(13(12)19)14(16)20/h3-6,19H,2H2,1H3,(H2,16,20). The van der Waals surface area contributed by atoms with Crippen molar-refractivity contribution in [2.75, 3.05) is 6.61 Å². The maximum absolute atomic E-state index is 11.6. The third-order valence-corrected chi connectivity index (χ3v) is 3.39. The summed E-state index contributed by atoms with van der Waals surface area (Å²) in [5, 5.41) is 15.1. The Labute approximate surface area is 129 Å². The number of carbonyl (C=O) groups is 1. The maximum Gasteiger partial charge on any atom is 0.326 e. The van der Waals surface area contributed by atoms with Gasteiger partial charge in [-0.05, 0) is 30.3 Å². The van der Waals surface area contributed by atoms with Crippen molar-refractivity contribution in [3.05, 3.63) is 29.3 Å². The lowest BCUT2D eigenvalue weighted by Gasteiger charge is -2.00. The minimum absolute atomic E-state index is 0.244. The van der Waals surface area contributed by atoms with Crippen molar-refractivity contribution in [2.24, 2.45) is 5.73 Å². The first-order valence-electron chi connectivity index (χ1n) is 6.45. The Balaban J connectivity index is 2.29. The van der Waals surface area contributed by atoms with Crippen LogP contribution in [0.2, 0.25) is 5.02 Å². The fraction of sp³-hybridized carbons (Fsp3) is 0.143. The molecule has 0 bridgehead atoms. The number of carbonyl (C=O) groups excluding carboxylic acids is 1. The van der Waals surface area contributed by atoms with Gasteiger partial charge in [0, 0.05) is 16.5 Å². The van der Waals surface area contributed by atoms with Crippen molar-refractivity contribution in [3.63, 3.8) is 0 Å². The van der Waals surface area contributed by atoms with Crippen LogP contribution in [-0.2, 0) is 0 Å². The van der Waals surface area contributed by atoms with Crippen LogP contribution in [0.4, 0.5) is 4.79 Å². The number of aromatic hydroxyl groups is 1. The van der Waals surface area contributed by atoms with Gasteiger partial charge in [-0.1, -0.05) is 11.6 Å². The van der Waals surface area contributed by atoms with E-state index < -0.39 is 6.03 Å². The maximum atomic E-state index is 11.6. The third-order valence-electron chi connectivity index (χ3n) is 3.15. The first-order valence-corrected chi connectivity index (χ1v) is 6.83. The molecule has 114 valence electrons. The van der Waals surface area contributed by atoms with E-state index in [1.807, 2.05) is 6.92 Å². The highest BCUT2D eigenvalue weighted by Gasteiger charge is 2.24. The zero-order valence-electron chi connectivity index (χ0n) is 11.5. The quantitative estimate of drug-likeness (QED) is 0.771. The second-order valence-electron chi connectivity index (χ2n) is 4.50. The van der Waals surface area contributed by atoms with Crippen LogP contribution >= 0.6 is 11.6 Å². The summed E-state index contributed by atoms with van der Waals surface area (Å²) in [5.41, 5.74) is 6.01. The number of nitrogens with two attached hydrogens (primary N) is 1. The molecule has 0 fully saturated rings. The summed E-state index contributed by atoms with van der Waals surface area (Å²) < 4.78 is 11.4. The zero-order chi connectivity index (χ0) is 15.9. The average molecular weight is 322 g/mol. The van der Waals surface area contributed by atoms with Crippen LogP contribution in [0.25, 0.3) is 22.2 Å². The van der Waals surface area contributed by atoms with Gasteiger partial charge in [-0.15, -0.1) is 0 Å². The van der Waals surface area contributed by atoms with E-state index in [1.165, 1.54) is 6.07 Å². The molecule has 0 radical (unpaired) electrons. The topological polar surface area (TPSA) is 104 Å². The van der Waals surface area contributed by atoms with E-state index in [0.29, 0.717) is 22.5 Å². The molecule has 3 rings (SSSR count). The van der Waals surface area contributed by atoms with Gasteiger partial charge >= 0.3 is 6.03 Å². The highest BCUT2D eigenvalue weighted by atomic mass is 35.5. The number of fused-ring (bicyclic) bond motifs is 1. The Kier molecular flexibility index (Phi) is 3.42. The SMILES string of the molecule is CCOc1cc(-c2c(O)n(C(N)=O)c3ccc(Cl)cc23)on1. The number of hydrogen-bond donors (Lipinski definition) is 2. The van der Waals surface area contributed by atoms with Gasteiger partial charge in [0.15, 0.2) is 5.76 Å². The number of amides is 1. The number of ether oxygens (including phenoxy) is 1. The van der Waals surface area contributed by atoms with Gasteiger partial charge in [0.1, 0.15) is 0 Å². The minimum Gasteiger partial charge on any atom is -0.494 e. The zero-order valence-corrected chi connectivity index (χ0v) is 12.3. The predicted octanol–water partition coefficient (Wildman–Crippen LogP) is 2.98.